The van der Waals surface area contributed by atoms with Crippen LogP contribution in [0.25, 0.3) is 0 Å². The number of aromatic nitrogens is 3. The van der Waals surface area contributed by atoms with E-state index in [0.29, 0.717) is 15.4 Å². The van der Waals surface area contributed by atoms with Gasteiger partial charge in [-0.05, 0) is 30.2 Å². The molecule has 1 N–H and O–H groups in total. The van der Waals surface area contributed by atoms with Gasteiger partial charge in [-0.3, -0.25) is 9.69 Å². The third-order valence-corrected chi connectivity index (χ3v) is 6.37. The summed E-state index contributed by atoms with van der Waals surface area (Å²) in [7, 11) is 0. The Hall–Kier alpha value is -3.68. The Labute approximate surface area is 212 Å². The predicted octanol–water partition coefficient (Wildman–Crippen LogP) is 4.31. The maximum atomic E-state index is 14.6. The lowest BCUT2D eigenvalue weighted by molar-refractivity contribution is -0.605. The van der Waals surface area contributed by atoms with E-state index in [2.05, 4.69) is 10.3 Å². The average Bonchev–Trinajstić information content (AvgIpc) is 3.21. The number of likely N-dealkylation sites (tertiary alicyclic amines) is 1. The first-order chi connectivity index (χ1) is 17.7. The second kappa shape index (κ2) is 10.2. The van der Waals surface area contributed by atoms with E-state index < -0.39 is 66.2 Å². The molecular formula is C24H22F7N5O2. The topological polar surface area (TPSA) is 77.1 Å². The minimum absolute atomic E-state index is 0.0969. The number of hydrogen-bond acceptors (Lipinski definition) is 4. The van der Waals surface area contributed by atoms with Crippen molar-refractivity contribution in [1.29, 1.82) is 0 Å². The molecule has 2 aromatic heterocycles. The van der Waals surface area contributed by atoms with E-state index in [1.165, 1.54) is 24.0 Å². The second-order valence-corrected chi connectivity index (χ2v) is 9.07. The van der Waals surface area contributed by atoms with Gasteiger partial charge < -0.3 is 15.1 Å². The zero-order valence-corrected chi connectivity index (χ0v) is 19.9. The maximum absolute atomic E-state index is 14.6. The number of carbonyl (C=O) groups is 1. The van der Waals surface area contributed by atoms with Gasteiger partial charge in [0.2, 0.25) is 11.7 Å². The lowest BCUT2D eigenvalue weighted by Gasteiger charge is -2.40. The molecule has 0 saturated carbocycles. The number of amides is 1. The summed E-state index contributed by atoms with van der Waals surface area (Å²) in [5.74, 6) is -8.99. The summed E-state index contributed by atoms with van der Waals surface area (Å²) in [6, 6.07) is 3.85. The number of hydrogen-bond donors (Lipinski definition) is 1. The van der Waals surface area contributed by atoms with Crippen molar-refractivity contribution in [1.82, 2.24) is 14.5 Å². The van der Waals surface area contributed by atoms with Crippen LogP contribution in [0.1, 0.15) is 36.2 Å². The quantitative estimate of drug-likeness (QED) is 0.285. The van der Waals surface area contributed by atoms with E-state index in [-0.39, 0.29) is 24.2 Å². The third-order valence-electron chi connectivity index (χ3n) is 6.37. The van der Waals surface area contributed by atoms with Gasteiger partial charge in [0.25, 0.3) is 5.92 Å². The van der Waals surface area contributed by atoms with Gasteiger partial charge in [-0.15, -0.1) is 0 Å². The largest absolute Gasteiger partial charge is 0.619 e. The van der Waals surface area contributed by atoms with E-state index in [1.807, 2.05) is 0 Å². The minimum atomic E-state index is -4.94. The van der Waals surface area contributed by atoms with E-state index >= 15 is 0 Å². The SMILES string of the molecule is CC(C(=O)Nc1cn(Cc2cc(F)cc(F)c2)c(C(F)(F)F)n1)N1CCC(F)(F)[C@@H](c2cc[n+]([O-])cc2)C1. The van der Waals surface area contributed by atoms with Crippen LogP contribution in [-0.4, -0.2) is 45.4 Å². The second-order valence-electron chi connectivity index (χ2n) is 9.07. The molecule has 1 fully saturated rings. The number of anilines is 1. The number of piperidine rings is 1. The Morgan fingerprint density at radius 2 is 1.84 bits per heavy atom. The normalized spacial score (nSPS) is 18.8. The highest BCUT2D eigenvalue weighted by Crippen LogP contribution is 2.40. The average molecular weight is 545 g/mol. The number of nitrogens with zero attached hydrogens (tertiary/aromatic N) is 4. The first-order valence-corrected chi connectivity index (χ1v) is 11.4. The van der Waals surface area contributed by atoms with Crippen molar-refractivity contribution in [3.8, 4) is 0 Å². The van der Waals surface area contributed by atoms with Crippen molar-refractivity contribution in [2.45, 2.75) is 43.9 Å². The van der Waals surface area contributed by atoms with Crippen LogP contribution < -0.4 is 10.0 Å². The van der Waals surface area contributed by atoms with Gasteiger partial charge >= 0.3 is 6.18 Å². The molecule has 1 saturated heterocycles. The summed E-state index contributed by atoms with van der Waals surface area (Å²) in [6.07, 6.45) is -2.45. The molecule has 7 nitrogen and oxygen atoms in total. The molecule has 38 heavy (non-hydrogen) atoms. The fourth-order valence-electron chi connectivity index (χ4n) is 4.40. The Morgan fingerprint density at radius 3 is 2.45 bits per heavy atom. The highest BCUT2D eigenvalue weighted by atomic mass is 19.4. The maximum Gasteiger partial charge on any atom is 0.449 e. The van der Waals surface area contributed by atoms with Crippen molar-refractivity contribution in [2.75, 3.05) is 18.4 Å². The minimum Gasteiger partial charge on any atom is -0.619 e. The highest BCUT2D eigenvalue weighted by molar-refractivity contribution is 5.93. The molecule has 1 unspecified atom stereocenters. The van der Waals surface area contributed by atoms with E-state index in [1.54, 1.807) is 0 Å². The van der Waals surface area contributed by atoms with Crippen LogP contribution in [0.4, 0.5) is 36.6 Å². The van der Waals surface area contributed by atoms with Gasteiger partial charge in [0.05, 0.1) is 12.0 Å². The molecule has 0 bridgehead atoms. The summed E-state index contributed by atoms with van der Waals surface area (Å²) in [5, 5.41) is 13.5. The molecule has 4 rings (SSSR count). The number of benzene rings is 1. The highest BCUT2D eigenvalue weighted by Gasteiger charge is 2.46. The molecular weight excluding hydrogens is 523 g/mol. The summed E-state index contributed by atoms with van der Waals surface area (Å²) >= 11 is 0. The van der Waals surface area contributed by atoms with E-state index in [4.69, 9.17) is 0 Å². The fraction of sp³-hybridized carbons (Fsp3) is 0.375. The number of carbonyl (C=O) groups excluding carboxylic acids is 1. The molecule has 2 atom stereocenters. The van der Waals surface area contributed by atoms with Gasteiger partial charge in [0.1, 0.15) is 11.6 Å². The fourth-order valence-corrected chi connectivity index (χ4v) is 4.40. The number of alkyl halides is 5. The number of pyridine rings is 1. The van der Waals surface area contributed by atoms with Crippen LogP contribution in [0.15, 0.2) is 48.9 Å². The summed E-state index contributed by atoms with van der Waals surface area (Å²) in [5.41, 5.74) is 0.113. The zero-order chi connectivity index (χ0) is 27.8. The molecule has 1 aliphatic heterocycles. The Morgan fingerprint density at radius 1 is 1.21 bits per heavy atom. The number of imidazole rings is 1. The van der Waals surface area contributed by atoms with Crippen LogP contribution in [-0.2, 0) is 17.5 Å². The van der Waals surface area contributed by atoms with Gasteiger partial charge in [-0.2, -0.15) is 17.9 Å². The van der Waals surface area contributed by atoms with Crippen LogP contribution in [0.3, 0.4) is 0 Å². The molecule has 204 valence electrons. The smallest absolute Gasteiger partial charge is 0.449 e. The molecule has 3 aromatic rings. The summed E-state index contributed by atoms with van der Waals surface area (Å²) in [6.45, 7) is 0.451. The molecule has 0 aliphatic carbocycles. The third kappa shape index (κ3) is 6.06. The monoisotopic (exact) mass is 545 g/mol. The first kappa shape index (κ1) is 27.4. The molecule has 1 aliphatic rings. The lowest BCUT2D eigenvalue weighted by Crippen LogP contribution is -2.52. The van der Waals surface area contributed by atoms with Crippen LogP contribution in [0, 0.1) is 16.8 Å². The predicted molar refractivity (Wildman–Crippen MR) is 120 cm³/mol. The number of nitrogens with one attached hydrogen (secondary N) is 1. The van der Waals surface area contributed by atoms with Crippen molar-refractivity contribution < 1.29 is 40.3 Å². The van der Waals surface area contributed by atoms with Crippen molar-refractivity contribution in [3.05, 3.63) is 82.7 Å². The van der Waals surface area contributed by atoms with E-state index in [9.17, 15) is 40.7 Å². The van der Waals surface area contributed by atoms with Gasteiger partial charge in [-0.1, -0.05) is 0 Å². The Balaban J connectivity index is 1.51. The lowest BCUT2D eigenvalue weighted by atomic mass is 9.87. The molecule has 1 aromatic carbocycles. The van der Waals surface area contributed by atoms with Gasteiger partial charge in [0.15, 0.2) is 18.2 Å². The molecule has 14 heteroatoms. The Kier molecular flexibility index (Phi) is 7.37. The van der Waals surface area contributed by atoms with Crippen molar-refractivity contribution in [2.24, 2.45) is 0 Å². The summed E-state index contributed by atoms with van der Waals surface area (Å²) in [4.78, 5) is 17.8. The molecule has 3 heterocycles. The van der Waals surface area contributed by atoms with E-state index in [0.717, 1.165) is 30.7 Å². The van der Waals surface area contributed by atoms with Gasteiger partial charge in [0, 0.05) is 50.5 Å². The van der Waals surface area contributed by atoms with Crippen molar-refractivity contribution >= 4 is 11.7 Å². The molecule has 0 spiro atoms. The number of halogens is 7. The first-order valence-electron chi connectivity index (χ1n) is 11.4. The van der Waals surface area contributed by atoms with Crippen LogP contribution in [0.2, 0.25) is 0 Å². The molecule has 1 amide bonds. The van der Waals surface area contributed by atoms with Crippen molar-refractivity contribution in [3.63, 3.8) is 0 Å². The zero-order valence-electron chi connectivity index (χ0n) is 19.9. The Bertz CT molecular complexity index is 1290. The summed E-state index contributed by atoms with van der Waals surface area (Å²) < 4.78 is 98.1. The standard InChI is InChI=1S/C24H22F7N5O2/c1-14(34-7-4-23(27,28)19(12-34)16-2-5-36(38)6-3-16)21(37)32-20-13-35(22(33-20)24(29,30)31)11-15-8-17(25)10-18(26)9-15/h2-3,5-6,8-10,13-14,19H,4,7,11-12H2,1H3,(H,32,37)/t14?,19-/m1/s1. The molecule has 0 radical (unpaired) electrons. The van der Waals surface area contributed by atoms with Crippen LogP contribution >= 0.6 is 0 Å². The van der Waals surface area contributed by atoms with Gasteiger partial charge in [-0.25, -0.2) is 22.5 Å². The van der Waals surface area contributed by atoms with Crippen LogP contribution in [0.5, 0.6) is 0 Å². The number of rotatable bonds is 6.